The van der Waals surface area contributed by atoms with Gasteiger partial charge >= 0.3 is 0 Å². The van der Waals surface area contributed by atoms with E-state index in [2.05, 4.69) is 22.4 Å². The van der Waals surface area contributed by atoms with Crippen LogP contribution in [0.2, 0.25) is 0 Å². The predicted molar refractivity (Wildman–Crippen MR) is 80.9 cm³/mol. The number of phenolic OH excluding ortho intramolecular Hbond substituents is 1. The summed E-state index contributed by atoms with van der Waals surface area (Å²) in [5.74, 6) is 1.65. The van der Waals surface area contributed by atoms with Gasteiger partial charge in [-0.2, -0.15) is 0 Å². The number of likely N-dealkylation sites (tertiary alicyclic amines) is 1. The molecule has 1 saturated heterocycles. The number of aromatic hydroxyl groups is 1. The van der Waals surface area contributed by atoms with Crippen LogP contribution in [0, 0.1) is 0 Å². The van der Waals surface area contributed by atoms with Crippen LogP contribution >= 0.6 is 11.3 Å². The van der Waals surface area contributed by atoms with Crippen molar-refractivity contribution in [2.45, 2.75) is 25.4 Å². The van der Waals surface area contributed by atoms with E-state index in [1.165, 1.54) is 17.7 Å². The number of thiophene rings is 1. The molecule has 3 heterocycles. The lowest BCUT2D eigenvalue weighted by Gasteiger charge is -2.24. The first-order chi connectivity index (χ1) is 10.3. The molecule has 1 aromatic heterocycles. The Morgan fingerprint density at radius 1 is 1.29 bits per heavy atom. The van der Waals surface area contributed by atoms with Gasteiger partial charge in [0.25, 0.3) is 0 Å². The third-order valence-corrected chi connectivity index (χ3v) is 5.16. The molecular formula is C16H17NO3S. The minimum atomic E-state index is 0.236. The summed E-state index contributed by atoms with van der Waals surface area (Å²) in [4.78, 5) is 3.84. The van der Waals surface area contributed by atoms with Crippen molar-refractivity contribution in [2.75, 3.05) is 13.3 Å². The van der Waals surface area contributed by atoms with Crippen LogP contribution in [0.5, 0.6) is 17.2 Å². The normalized spacial score (nSPS) is 21.0. The summed E-state index contributed by atoms with van der Waals surface area (Å²) in [6.45, 7) is 2.04. The van der Waals surface area contributed by atoms with Crippen molar-refractivity contribution in [1.82, 2.24) is 4.90 Å². The molecule has 0 radical (unpaired) electrons. The second-order valence-corrected chi connectivity index (χ2v) is 6.46. The van der Waals surface area contributed by atoms with Gasteiger partial charge in [-0.1, -0.05) is 6.07 Å². The van der Waals surface area contributed by atoms with E-state index >= 15 is 0 Å². The molecule has 0 spiro atoms. The van der Waals surface area contributed by atoms with Crippen molar-refractivity contribution in [3.05, 3.63) is 40.1 Å². The maximum atomic E-state index is 10.2. The summed E-state index contributed by atoms with van der Waals surface area (Å²) in [5, 5.41) is 12.3. The average molecular weight is 303 g/mol. The van der Waals surface area contributed by atoms with E-state index in [1.807, 2.05) is 17.4 Å². The molecule has 1 unspecified atom stereocenters. The highest BCUT2D eigenvalue weighted by Crippen LogP contribution is 2.40. The first kappa shape index (κ1) is 13.0. The van der Waals surface area contributed by atoms with Crippen LogP contribution in [0.4, 0.5) is 0 Å². The highest BCUT2D eigenvalue weighted by molar-refractivity contribution is 7.10. The van der Waals surface area contributed by atoms with E-state index in [-0.39, 0.29) is 12.5 Å². The Hall–Kier alpha value is -1.72. The molecule has 0 saturated carbocycles. The minimum Gasteiger partial charge on any atom is -0.507 e. The number of hydrogen-bond donors (Lipinski definition) is 1. The number of fused-ring (bicyclic) bond motifs is 1. The lowest BCUT2D eigenvalue weighted by molar-refractivity contribution is 0.173. The quantitative estimate of drug-likeness (QED) is 0.942. The molecule has 1 fully saturated rings. The zero-order valence-corrected chi connectivity index (χ0v) is 12.4. The van der Waals surface area contributed by atoms with Crippen LogP contribution < -0.4 is 9.47 Å². The van der Waals surface area contributed by atoms with Gasteiger partial charge in [0.05, 0.1) is 0 Å². The van der Waals surface area contributed by atoms with Crippen LogP contribution in [0.1, 0.15) is 29.3 Å². The van der Waals surface area contributed by atoms with Crippen molar-refractivity contribution in [1.29, 1.82) is 0 Å². The summed E-state index contributed by atoms with van der Waals surface area (Å²) in [7, 11) is 0. The molecule has 0 aliphatic carbocycles. The van der Waals surface area contributed by atoms with E-state index in [0.29, 0.717) is 11.8 Å². The summed E-state index contributed by atoms with van der Waals surface area (Å²) < 4.78 is 10.7. The topological polar surface area (TPSA) is 41.9 Å². The van der Waals surface area contributed by atoms with Gasteiger partial charge in [0.1, 0.15) is 5.75 Å². The van der Waals surface area contributed by atoms with Crippen LogP contribution in [0.25, 0.3) is 0 Å². The molecule has 1 N–H and O–H groups in total. The first-order valence-corrected chi connectivity index (χ1v) is 8.08. The predicted octanol–water partition coefficient (Wildman–Crippen LogP) is 3.52. The summed E-state index contributed by atoms with van der Waals surface area (Å²) in [6.07, 6.45) is 2.39. The number of ether oxygens (including phenoxy) is 2. The van der Waals surface area contributed by atoms with Crippen molar-refractivity contribution in [3.8, 4) is 17.2 Å². The fraction of sp³-hybridized carbons (Fsp3) is 0.375. The second-order valence-electron chi connectivity index (χ2n) is 5.48. The lowest BCUT2D eigenvalue weighted by Crippen LogP contribution is -2.22. The number of phenols is 1. The van der Waals surface area contributed by atoms with Crippen LogP contribution in [-0.2, 0) is 6.54 Å². The second kappa shape index (κ2) is 5.24. The summed E-state index contributed by atoms with van der Waals surface area (Å²) in [5.41, 5.74) is 0.905. The van der Waals surface area contributed by atoms with Crippen molar-refractivity contribution in [2.24, 2.45) is 0 Å². The minimum absolute atomic E-state index is 0.236. The molecule has 1 atom stereocenters. The van der Waals surface area contributed by atoms with Gasteiger partial charge in [-0.3, -0.25) is 4.90 Å². The van der Waals surface area contributed by atoms with Crippen LogP contribution in [0.3, 0.4) is 0 Å². The number of benzene rings is 1. The fourth-order valence-corrected chi connectivity index (χ4v) is 4.03. The molecule has 2 aromatic rings. The number of rotatable bonds is 3. The highest BCUT2D eigenvalue weighted by atomic mass is 32.1. The highest BCUT2D eigenvalue weighted by Gasteiger charge is 2.28. The zero-order chi connectivity index (χ0) is 14.2. The Labute approximate surface area is 127 Å². The SMILES string of the molecule is Oc1cc2c(cc1CN1CCCC1c1cccs1)OCO2. The Kier molecular flexibility index (Phi) is 3.24. The lowest BCUT2D eigenvalue weighted by atomic mass is 10.1. The summed E-state index contributed by atoms with van der Waals surface area (Å²) in [6, 6.07) is 8.34. The van der Waals surface area contributed by atoms with E-state index in [1.54, 1.807) is 6.07 Å². The molecule has 0 amide bonds. The molecule has 0 bridgehead atoms. The van der Waals surface area contributed by atoms with Crippen molar-refractivity contribution >= 4 is 11.3 Å². The molecule has 5 heteroatoms. The standard InChI is InChI=1S/C16H17NO3S/c18-13-8-15-14(19-10-20-15)7-11(13)9-17-5-1-3-12(17)16-4-2-6-21-16/h2,4,6-8,12,18H,1,3,5,9-10H2. The largest absolute Gasteiger partial charge is 0.507 e. The van der Waals surface area contributed by atoms with Gasteiger partial charge in [0.15, 0.2) is 11.5 Å². The maximum absolute atomic E-state index is 10.2. The third-order valence-electron chi connectivity index (χ3n) is 4.18. The summed E-state index contributed by atoms with van der Waals surface area (Å²) >= 11 is 1.81. The monoisotopic (exact) mass is 303 g/mol. The Morgan fingerprint density at radius 3 is 2.95 bits per heavy atom. The fourth-order valence-electron chi connectivity index (χ4n) is 3.14. The number of nitrogens with zero attached hydrogens (tertiary/aromatic N) is 1. The smallest absolute Gasteiger partial charge is 0.231 e. The zero-order valence-electron chi connectivity index (χ0n) is 11.6. The molecule has 4 rings (SSSR count). The maximum Gasteiger partial charge on any atom is 0.231 e. The molecule has 2 aliphatic heterocycles. The van der Waals surface area contributed by atoms with Gasteiger partial charge in [-0.25, -0.2) is 0 Å². The Bertz CT molecular complexity index is 641. The van der Waals surface area contributed by atoms with E-state index in [4.69, 9.17) is 9.47 Å². The molecular weight excluding hydrogens is 286 g/mol. The third kappa shape index (κ3) is 2.36. The average Bonchev–Trinajstić information content (AvgIpc) is 3.18. The molecule has 4 nitrogen and oxygen atoms in total. The molecule has 110 valence electrons. The number of hydrogen-bond acceptors (Lipinski definition) is 5. The van der Waals surface area contributed by atoms with Crippen LogP contribution in [0.15, 0.2) is 29.6 Å². The van der Waals surface area contributed by atoms with Crippen molar-refractivity contribution < 1.29 is 14.6 Å². The van der Waals surface area contributed by atoms with E-state index in [0.717, 1.165) is 24.4 Å². The Balaban J connectivity index is 1.58. The first-order valence-electron chi connectivity index (χ1n) is 7.20. The van der Waals surface area contributed by atoms with Gasteiger partial charge in [0, 0.05) is 29.1 Å². The van der Waals surface area contributed by atoms with Gasteiger partial charge in [-0.05, 0) is 36.9 Å². The molecule has 1 aromatic carbocycles. The van der Waals surface area contributed by atoms with Gasteiger partial charge in [0.2, 0.25) is 6.79 Å². The van der Waals surface area contributed by atoms with Crippen LogP contribution in [-0.4, -0.2) is 23.3 Å². The van der Waals surface area contributed by atoms with Crippen molar-refractivity contribution in [3.63, 3.8) is 0 Å². The molecule has 21 heavy (non-hydrogen) atoms. The molecule has 2 aliphatic rings. The van der Waals surface area contributed by atoms with E-state index < -0.39 is 0 Å². The van der Waals surface area contributed by atoms with E-state index in [9.17, 15) is 5.11 Å². The van der Waals surface area contributed by atoms with Gasteiger partial charge in [-0.15, -0.1) is 11.3 Å². The van der Waals surface area contributed by atoms with Gasteiger partial charge < -0.3 is 14.6 Å². The Morgan fingerprint density at radius 2 is 2.14 bits per heavy atom.